The molecule has 31 heavy (non-hydrogen) atoms. The molecule has 1 atom stereocenters. The Balaban J connectivity index is 1.68. The standard InChI is InChI=1S/C22H30N4O4S/c1-15(2)25-9-7-19-23-18-13-16(5-6-17(18)21(28)26(19)11-10-25)20(27)24(4)22(3)8-12-31(29,30)14-22/h5-6,13,15H,7-12,14H2,1-4H3/t22-/m0/s1. The molecule has 0 radical (unpaired) electrons. The largest absolute Gasteiger partial charge is 0.335 e. The van der Waals surface area contributed by atoms with Crippen molar-refractivity contribution in [1.82, 2.24) is 19.4 Å². The highest BCUT2D eigenvalue weighted by atomic mass is 32.2. The number of aromatic nitrogens is 2. The number of sulfone groups is 1. The lowest BCUT2D eigenvalue weighted by Gasteiger charge is -2.34. The number of carbonyl (C=O) groups excluding carboxylic acids is 1. The van der Waals surface area contributed by atoms with Gasteiger partial charge in [-0.05, 0) is 45.4 Å². The van der Waals surface area contributed by atoms with Crippen LogP contribution in [-0.4, -0.2) is 76.9 Å². The maximum Gasteiger partial charge on any atom is 0.261 e. The summed E-state index contributed by atoms with van der Waals surface area (Å²) in [6.45, 7) is 8.35. The van der Waals surface area contributed by atoms with Gasteiger partial charge in [0.25, 0.3) is 11.5 Å². The fourth-order valence-corrected chi connectivity index (χ4v) is 6.80. The normalized spacial score (nSPS) is 23.6. The third kappa shape index (κ3) is 4.01. The molecule has 1 amide bonds. The molecule has 9 heteroatoms. The molecule has 0 unspecified atom stereocenters. The van der Waals surface area contributed by atoms with Crippen LogP contribution < -0.4 is 5.56 Å². The first-order valence-electron chi connectivity index (χ1n) is 10.8. The highest BCUT2D eigenvalue weighted by Crippen LogP contribution is 2.30. The molecule has 1 aromatic heterocycles. The lowest BCUT2D eigenvalue weighted by molar-refractivity contribution is 0.0638. The van der Waals surface area contributed by atoms with E-state index >= 15 is 0 Å². The van der Waals surface area contributed by atoms with Crippen molar-refractivity contribution in [1.29, 1.82) is 0 Å². The van der Waals surface area contributed by atoms with Gasteiger partial charge in [0.2, 0.25) is 0 Å². The molecule has 168 valence electrons. The van der Waals surface area contributed by atoms with Crippen LogP contribution in [0.5, 0.6) is 0 Å². The van der Waals surface area contributed by atoms with Gasteiger partial charge in [-0.15, -0.1) is 0 Å². The molecular formula is C22H30N4O4S. The van der Waals surface area contributed by atoms with Crippen molar-refractivity contribution in [2.75, 3.05) is 31.6 Å². The highest BCUT2D eigenvalue weighted by Gasteiger charge is 2.43. The van der Waals surface area contributed by atoms with Crippen LogP contribution >= 0.6 is 0 Å². The van der Waals surface area contributed by atoms with Gasteiger partial charge >= 0.3 is 0 Å². The minimum absolute atomic E-state index is 0.0325. The van der Waals surface area contributed by atoms with Crippen LogP contribution in [0.3, 0.4) is 0 Å². The summed E-state index contributed by atoms with van der Waals surface area (Å²) in [5.41, 5.74) is 0.116. The van der Waals surface area contributed by atoms with E-state index in [4.69, 9.17) is 4.98 Å². The van der Waals surface area contributed by atoms with E-state index in [0.717, 1.165) is 18.9 Å². The molecule has 1 aromatic carbocycles. The van der Waals surface area contributed by atoms with E-state index in [1.165, 1.54) is 4.90 Å². The van der Waals surface area contributed by atoms with Gasteiger partial charge in [0.15, 0.2) is 9.84 Å². The van der Waals surface area contributed by atoms with Gasteiger partial charge < -0.3 is 4.90 Å². The second-order valence-electron chi connectivity index (χ2n) is 9.30. The Labute approximate surface area is 182 Å². The van der Waals surface area contributed by atoms with Crippen LogP contribution in [0.15, 0.2) is 23.0 Å². The summed E-state index contributed by atoms with van der Waals surface area (Å²) in [4.78, 5) is 34.8. The number of benzene rings is 1. The lowest BCUT2D eigenvalue weighted by Crippen LogP contribution is -2.48. The number of nitrogens with zero attached hydrogens (tertiary/aromatic N) is 4. The van der Waals surface area contributed by atoms with Crippen LogP contribution in [0.2, 0.25) is 0 Å². The van der Waals surface area contributed by atoms with Crippen LogP contribution in [0.25, 0.3) is 10.9 Å². The molecule has 0 N–H and O–H groups in total. The number of fused-ring (bicyclic) bond motifs is 2. The van der Waals surface area contributed by atoms with Gasteiger partial charge in [-0.3, -0.25) is 19.1 Å². The van der Waals surface area contributed by atoms with Crippen molar-refractivity contribution in [2.45, 2.75) is 51.7 Å². The number of rotatable bonds is 3. The summed E-state index contributed by atoms with van der Waals surface area (Å²) in [7, 11) is -1.49. The molecule has 3 heterocycles. The SMILES string of the molecule is CC(C)N1CCc2nc3cc(C(=O)N(C)[C@@]4(C)CCS(=O)(=O)C4)ccc3c(=O)n2CC1. The molecule has 2 aliphatic rings. The van der Waals surface area contributed by atoms with Gasteiger partial charge in [0.1, 0.15) is 5.82 Å². The molecule has 0 spiro atoms. The van der Waals surface area contributed by atoms with Crippen molar-refractivity contribution in [3.63, 3.8) is 0 Å². The zero-order valence-electron chi connectivity index (χ0n) is 18.6. The summed E-state index contributed by atoms with van der Waals surface area (Å²) in [6, 6.07) is 5.37. The van der Waals surface area contributed by atoms with Crippen molar-refractivity contribution >= 4 is 26.6 Å². The third-order valence-corrected chi connectivity index (χ3v) is 8.73. The van der Waals surface area contributed by atoms with E-state index < -0.39 is 15.4 Å². The Hall–Kier alpha value is -2.26. The summed E-state index contributed by atoms with van der Waals surface area (Å²) in [5, 5.41) is 0.496. The van der Waals surface area contributed by atoms with Gasteiger partial charge in [-0.25, -0.2) is 13.4 Å². The zero-order chi connectivity index (χ0) is 22.6. The average Bonchev–Trinajstić information content (AvgIpc) is 2.88. The molecule has 4 rings (SSSR count). The molecule has 0 aliphatic carbocycles. The van der Waals surface area contributed by atoms with Crippen LogP contribution in [0.4, 0.5) is 0 Å². The van der Waals surface area contributed by atoms with E-state index in [-0.39, 0.29) is 23.0 Å². The predicted octanol–water partition coefficient (Wildman–Crippen LogP) is 1.31. The number of carbonyl (C=O) groups is 1. The maximum atomic E-state index is 13.2. The van der Waals surface area contributed by atoms with Crippen molar-refractivity contribution in [2.24, 2.45) is 0 Å². The Morgan fingerprint density at radius 1 is 1.23 bits per heavy atom. The number of hydrogen-bond donors (Lipinski definition) is 0. The van der Waals surface area contributed by atoms with E-state index in [1.807, 2.05) is 6.92 Å². The molecule has 2 aliphatic heterocycles. The van der Waals surface area contributed by atoms with Crippen molar-refractivity contribution in [3.8, 4) is 0 Å². The van der Waals surface area contributed by atoms with Crippen LogP contribution in [0.1, 0.15) is 43.4 Å². The molecule has 0 bridgehead atoms. The van der Waals surface area contributed by atoms with Crippen LogP contribution in [0, 0.1) is 0 Å². The van der Waals surface area contributed by atoms with Gasteiger partial charge in [0, 0.05) is 44.7 Å². The van der Waals surface area contributed by atoms with Crippen molar-refractivity contribution in [3.05, 3.63) is 39.9 Å². The van der Waals surface area contributed by atoms with Crippen LogP contribution in [-0.2, 0) is 22.8 Å². The fraction of sp³-hybridized carbons (Fsp3) is 0.591. The van der Waals surface area contributed by atoms with Gasteiger partial charge in [-0.2, -0.15) is 0 Å². The molecule has 8 nitrogen and oxygen atoms in total. The molecular weight excluding hydrogens is 416 g/mol. The van der Waals surface area contributed by atoms with E-state index in [2.05, 4.69) is 18.7 Å². The minimum atomic E-state index is -3.13. The summed E-state index contributed by atoms with van der Waals surface area (Å²) in [6.07, 6.45) is 1.10. The number of amides is 1. The smallest absolute Gasteiger partial charge is 0.261 e. The summed E-state index contributed by atoms with van der Waals surface area (Å²) < 4.78 is 25.7. The first kappa shape index (κ1) is 22.0. The Kier molecular flexibility index (Phi) is 5.46. The molecule has 2 aromatic rings. The summed E-state index contributed by atoms with van der Waals surface area (Å²) >= 11 is 0. The lowest BCUT2D eigenvalue weighted by atomic mass is 9.98. The predicted molar refractivity (Wildman–Crippen MR) is 120 cm³/mol. The molecule has 1 saturated heterocycles. The second-order valence-corrected chi connectivity index (χ2v) is 11.5. The Morgan fingerprint density at radius 2 is 1.97 bits per heavy atom. The molecule has 1 fully saturated rings. The van der Waals surface area contributed by atoms with Gasteiger partial charge in [0.05, 0.1) is 27.9 Å². The Morgan fingerprint density at radius 3 is 2.61 bits per heavy atom. The maximum absolute atomic E-state index is 13.2. The topological polar surface area (TPSA) is 92.6 Å². The van der Waals surface area contributed by atoms with Gasteiger partial charge in [-0.1, -0.05) is 0 Å². The van der Waals surface area contributed by atoms with E-state index in [1.54, 1.807) is 29.8 Å². The molecule has 0 saturated carbocycles. The first-order chi connectivity index (χ1) is 14.5. The quantitative estimate of drug-likeness (QED) is 0.706. The van der Waals surface area contributed by atoms with Crippen molar-refractivity contribution < 1.29 is 13.2 Å². The third-order valence-electron chi connectivity index (χ3n) is 6.84. The minimum Gasteiger partial charge on any atom is -0.335 e. The number of hydrogen-bond acceptors (Lipinski definition) is 6. The highest BCUT2D eigenvalue weighted by molar-refractivity contribution is 7.91. The summed E-state index contributed by atoms with van der Waals surface area (Å²) in [5.74, 6) is 0.545. The average molecular weight is 447 g/mol. The monoisotopic (exact) mass is 446 g/mol. The zero-order valence-corrected chi connectivity index (χ0v) is 19.4. The second kappa shape index (κ2) is 7.70. The first-order valence-corrected chi connectivity index (χ1v) is 12.6. The van der Waals surface area contributed by atoms with E-state index in [0.29, 0.717) is 41.9 Å². The van der Waals surface area contributed by atoms with E-state index in [9.17, 15) is 18.0 Å². The fourth-order valence-electron chi connectivity index (χ4n) is 4.62. The Bertz CT molecular complexity index is 1200.